The molecule has 0 bridgehead atoms. The van der Waals surface area contributed by atoms with Crippen molar-refractivity contribution in [2.45, 2.75) is 56.1 Å². The zero-order valence-corrected chi connectivity index (χ0v) is 16.2. The van der Waals surface area contributed by atoms with E-state index in [0.717, 1.165) is 45.3 Å². The van der Waals surface area contributed by atoms with Crippen LogP contribution in [0.1, 0.15) is 39.0 Å². The smallest absolute Gasteiger partial charge is 0.324 e. The molecule has 2 saturated heterocycles. The van der Waals surface area contributed by atoms with Gasteiger partial charge in [-0.05, 0) is 57.3 Å². The van der Waals surface area contributed by atoms with Gasteiger partial charge in [-0.2, -0.15) is 4.31 Å². The maximum Gasteiger partial charge on any atom is 0.324 e. The van der Waals surface area contributed by atoms with Crippen molar-refractivity contribution in [2.24, 2.45) is 0 Å². The first kappa shape index (κ1) is 19.3. The van der Waals surface area contributed by atoms with Gasteiger partial charge in [0.1, 0.15) is 12.1 Å². The summed E-state index contributed by atoms with van der Waals surface area (Å²) in [4.78, 5) is 15.3. The lowest BCUT2D eigenvalue weighted by Gasteiger charge is -2.36. The van der Waals surface area contributed by atoms with Gasteiger partial charge in [-0.3, -0.25) is 9.69 Å². The molecule has 2 aliphatic rings. The molecule has 2 atom stereocenters. The van der Waals surface area contributed by atoms with E-state index in [9.17, 15) is 13.2 Å². The SMILES string of the molecule is CCN1CCCC(OC(=O)C2CCCCN2S(=O)(=O)c2ccccc2)C1. The van der Waals surface area contributed by atoms with Crippen molar-refractivity contribution in [3.63, 3.8) is 0 Å². The molecule has 1 aromatic rings. The standard InChI is InChI=1S/C19H28N2O4S/c1-2-20-13-8-9-16(15-20)25-19(22)18-12-6-7-14-21(18)26(23,24)17-10-4-3-5-11-17/h3-5,10-11,16,18H,2,6-9,12-15H2,1H3. The Kier molecular flexibility index (Phi) is 6.32. The van der Waals surface area contributed by atoms with E-state index in [0.29, 0.717) is 13.0 Å². The van der Waals surface area contributed by atoms with Gasteiger partial charge < -0.3 is 4.74 Å². The van der Waals surface area contributed by atoms with Crippen molar-refractivity contribution >= 4 is 16.0 Å². The van der Waals surface area contributed by atoms with Crippen molar-refractivity contribution in [3.05, 3.63) is 30.3 Å². The van der Waals surface area contributed by atoms with Gasteiger partial charge in [0.25, 0.3) is 0 Å². The predicted molar refractivity (Wildman–Crippen MR) is 99.2 cm³/mol. The van der Waals surface area contributed by atoms with Crippen molar-refractivity contribution < 1.29 is 17.9 Å². The second kappa shape index (κ2) is 8.50. The lowest BCUT2D eigenvalue weighted by atomic mass is 10.0. The second-order valence-corrected chi connectivity index (χ2v) is 8.93. The van der Waals surface area contributed by atoms with Gasteiger partial charge >= 0.3 is 5.97 Å². The van der Waals surface area contributed by atoms with E-state index in [4.69, 9.17) is 4.74 Å². The Morgan fingerprint density at radius 2 is 1.88 bits per heavy atom. The lowest BCUT2D eigenvalue weighted by Crippen LogP contribution is -2.50. The summed E-state index contributed by atoms with van der Waals surface area (Å²) in [5, 5.41) is 0. The number of sulfonamides is 1. The lowest BCUT2D eigenvalue weighted by molar-refractivity contribution is -0.157. The summed E-state index contributed by atoms with van der Waals surface area (Å²) in [5.74, 6) is -0.396. The number of likely N-dealkylation sites (N-methyl/N-ethyl adjacent to an activating group) is 1. The number of carbonyl (C=O) groups is 1. The zero-order chi connectivity index (χ0) is 18.6. The third-order valence-electron chi connectivity index (χ3n) is 5.27. The van der Waals surface area contributed by atoms with Gasteiger partial charge in [0.15, 0.2) is 0 Å². The number of hydrogen-bond donors (Lipinski definition) is 0. The minimum atomic E-state index is -3.69. The van der Waals surface area contributed by atoms with Crippen LogP contribution in [0.3, 0.4) is 0 Å². The molecule has 0 aliphatic carbocycles. The third kappa shape index (κ3) is 4.27. The number of benzene rings is 1. The van der Waals surface area contributed by atoms with Crippen molar-refractivity contribution in [1.82, 2.24) is 9.21 Å². The summed E-state index contributed by atoms with van der Waals surface area (Å²) in [7, 11) is -3.69. The molecule has 2 fully saturated rings. The Bertz CT molecular complexity index is 708. The van der Waals surface area contributed by atoms with Crippen LogP contribution in [0.25, 0.3) is 0 Å². The van der Waals surface area contributed by atoms with E-state index in [2.05, 4.69) is 11.8 Å². The first-order valence-electron chi connectivity index (χ1n) is 9.52. The Labute approximate surface area is 156 Å². The number of esters is 1. The quantitative estimate of drug-likeness (QED) is 0.733. The van der Waals surface area contributed by atoms with Crippen molar-refractivity contribution in [1.29, 1.82) is 0 Å². The molecule has 0 radical (unpaired) electrons. The first-order valence-corrected chi connectivity index (χ1v) is 11.0. The van der Waals surface area contributed by atoms with Crippen LogP contribution in [-0.4, -0.2) is 61.9 Å². The van der Waals surface area contributed by atoms with E-state index in [1.54, 1.807) is 30.3 Å². The summed E-state index contributed by atoms with van der Waals surface area (Å²) >= 11 is 0. The largest absolute Gasteiger partial charge is 0.460 e. The number of hydrogen-bond acceptors (Lipinski definition) is 5. The fraction of sp³-hybridized carbons (Fsp3) is 0.632. The van der Waals surface area contributed by atoms with E-state index in [1.165, 1.54) is 4.31 Å². The van der Waals surface area contributed by atoms with E-state index in [1.807, 2.05) is 0 Å². The Morgan fingerprint density at radius 1 is 1.12 bits per heavy atom. The van der Waals surface area contributed by atoms with Crippen molar-refractivity contribution in [2.75, 3.05) is 26.2 Å². The van der Waals surface area contributed by atoms with E-state index >= 15 is 0 Å². The Balaban J connectivity index is 1.73. The molecule has 26 heavy (non-hydrogen) atoms. The number of piperidine rings is 2. The second-order valence-electron chi connectivity index (χ2n) is 7.03. The molecular formula is C19H28N2O4S. The highest BCUT2D eigenvalue weighted by Gasteiger charge is 2.39. The molecule has 6 nitrogen and oxygen atoms in total. The Hall–Kier alpha value is -1.44. The summed E-state index contributed by atoms with van der Waals surface area (Å²) in [6.07, 6.45) is 3.84. The highest BCUT2D eigenvalue weighted by atomic mass is 32.2. The molecular weight excluding hydrogens is 352 g/mol. The molecule has 0 spiro atoms. The number of likely N-dealkylation sites (tertiary alicyclic amines) is 1. The van der Waals surface area contributed by atoms with Crippen LogP contribution in [0.2, 0.25) is 0 Å². The van der Waals surface area contributed by atoms with Gasteiger partial charge in [-0.25, -0.2) is 8.42 Å². The zero-order valence-electron chi connectivity index (χ0n) is 15.3. The fourth-order valence-corrected chi connectivity index (χ4v) is 5.46. The molecule has 144 valence electrons. The fourth-order valence-electron chi connectivity index (χ4n) is 3.80. The molecule has 7 heteroatoms. The molecule has 2 heterocycles. The molecule has 0 amide bonds. The normalized spacial score (nSPS) is 25.7. The molecule has 3 rings (SSSR count). The van der Waals surface area contributed by atoms with Gasteiger partial charge in [0.05, 0.1) is 4.90 Å². The first-order chi connectivity index (χ1) is 12.5. The van der Waals surface area contributed by atoms with E-state index in [-0.39, 0.29) is 11.0 Å². The van der Waals surface area contributed by atoms with Crippen LogP contribution >= 0.6 is 0 Å². The number of rotatable bonds is 5. The average Bonchev–Trinajstić information content (AvgIpc) is 2.68. The van der Waals surface area contributed by atoms with Gasteiger partial charge in [-0.1, -0.05) is 25.1 Å². The third-order valence-corrected chi connectivity index (χ3v) is 7.19. The van der Waals surface area contributed by atoms with E-state index < -0.39 is 22.0 Å². The Morgan fingerprint density at radius 3 is 2.62 bits per heavy atom. The monoisotopic (exact) mass is 380 g/mol. The van der Waals surface area contributed by atoms with Gasteiger partial charge in [0.2, 0.25) is 10.0 Å². The summed E-state index contributed by atoms with van der Waals surface area (Å²) < 4.78 is 33.1. The summed E-state index contributed by atoms with van der Waals surface area (Å²) in [5.41, 5.74) is 0. The molecule has 0 saturated carbocycles. The topological polar surface area (TPSA) is 66.9 Å². The summed E-state index contributed by atoms with van der Waals surface area (Å²) in [6, 6.07) is 7.62. The van der Waals surface area contributed by atoms with Crippen LogP contribution in [-0.2, 0) is 19.6 Å². The van der Waals surface area contributed by atoms with Crippen LogP contribution in [0.15, 0.2) is 35.2 Å². The molecule has 0 N–H and O–H groups in total. The van der Waals surface area contributed by atoms with Gasteiger partial charge in [0, 0.05) is 13.1 Å². The summed E-state index contributed by atoms with van der Waals surface area (Å²) in [6.45, 7) is 5.16. The van der Waals surface area contributed by atoms with Crippen molar-refractivity contribution in [3.8, 4) is 0 Å². The number of carbonyl (C=O) groups excluding carboxylic acids is 1. The molecule has 2 unspecified atom stereocenters. The molecule has 2 aliphatic heterocycles. The maximum absolute atomic E-state index is 13.0. The highest BCUT2D eigenvalue weighted by Crippen LogP contribution is 2.27. The van der Waals surface area contributed by atoms with Crippen LogP contribution < -0.4 is 0 Å². The molecule has 1 aromatic carbocycles. The molecule has 0 aromatic heterocycles. The minimum absolute atomic E-state index is 0.139. The number of ether oxygens (including phenoxy) is 1. The van der Waals surface area contributed by atoms with Gasteiger partial charge in [-0.15, -0.1) is 0 Å². The van der Waals surface area contributed by atoms with Crippen LogP contribution in [0.4, 0.5) is 0 Å². The van der Waals surface area contributed by atoms with Crippen LogP contribution in [0.5, 0.6) is 0 Å². The van der Waals surface area contributed by atoms with Crippen LogP contribution in [0, 0.1) is 0 Å². The maximum atomic E-state index is 13.0. The predicted octanol–water partition coefficient (Wildman–Crippen LogP) is 2.26. The number of nitrogens with zero attached hydrogens (tertiary/aromatic N) is 2. The minimum Gasteiger partial charge on any atom is -0.460 e. The highest BCUT2D eigenvalue weighted by molar-refractivity contribution is 7.89. The average molecular weight is 381 g/mol.